The number of pyridine rings is 1. The number of rotatable bonds is 4. The maximum Gasteiger partial charge on any atom is 0.223 e. The smallest absolute Gasteiger partial charge is 0.223 e. The number of anilines is 1. The third-order valence-electron chi connectivity index (χ3n) is 5.50. The largest absolute Gasteiger partial charge is 0.497 e. The lowest BCUT2D eigenvalue weighted by molar-refractivity contribution is -0.114. The van der Waals surface area contributed by atoms with E-state index in [1.807, 2.05) is 48.1 Å². The number of aryl methyl sites for hydroxylation is 2. The van der Waals surface area contributed by atoms with E-state index in [0.29, 0.717) is 5.13 Å². The van der Waals surface area contributed by atoms with E-state index in [1.165, 1.54) is 23.8 Å². The fraction of sp³-hybridized carbons (Fsp3) is 0.250. The van der Waals surface area contributed by atoms with Gasteiger partial charge in [0.25, 0.3) is 0 Å². The molecule has 1 aliphatic rings. The first-order valence-corrected chi connectivity index (χ1v) is 11.3. The van der Waals surface area contributed by atoms with Gasteiger partial charge in [-0.3, -0.25) is 9.78 Å². The Morgan fingerprint density at radius 2 is 2.09 bits per heavy atom. The second-order valence-corrected chi connectivity index (χ2v) is 8.81. The maximum atomic E-state index is 11.6. The minimum absolute atomic E-state index is 0.123. The van der Waals surface area contributed by atoms with Crippen LogP contribution in [-0.4, -0.2) is 32.8 Å². The van der Waals surface area contributed by atoms with Gasteiger partial charge in [-0.1, -0.05) is 17.4 Å². The molecule has 0 spiro atoms. The Balaban J connectivity index is 1.76. The van der Waals surface area contributed by atoms with Crippen LogP contribution in [0.4, 0.5) is 5.13 Å². The van der Waals surface area contributed by atoms with E-state index in [0.717, 1.165) is 63.9 Å². The Labute approximate surface area is 190 Å². The van der Waals surface area contributed by atoms with E-state index in [9.17, 15) is 4.79 Å². The van der Waals surface area contributed by atoms with Crippen LogP contribution in [0.2, 0.25) is 0 Å². The van der Waals surface area contributed by atoms with Gasteiger partial charge in [0, 0.05) is 36.0 Å². The van der Waals surface area contributed by atoms with Gasteiger partial charge in [-0.2, -0.15) is 5.10 Å². The number of carbonyl (C=O) groups excluding carboxylic acids is 1. The molecule has 8 heteroatoms. The topological polar surface area (TPSA) is 81.9 Å². The average molecular weight is 446 g/mol. The molecule has 1 aromatic carbocycles. The van der Waals surface area contributed by atoms with Crippen LogP contribution in [0.1, 0.15) is 30.3 Å². The molecule has 0 bridgehead atoms. The summed E-state index contributed by atoms with van der Waals surface area (Å²) in [6.45, 7) is 3.48. The monoisotopic (exact) mass is 445 g/mol. The number of nitrogens with one attached hydrogen (secondary N) is 1. The number of hydrogen-bond donors (Lipinski definition) is 1. The molecule has 1 aliphatic carbocycles. The van der Waals surface area contributed by atoms with E-state index >= 15 is 0 Å². The van der Waals surface area contributed by atoms with Gasteiger partial charge >= 0.3 is 0 Å². The summed E-state index contributed by atoms with van der Waals surface area (Å²) in [6.07, 6.45) is 4.58. The Hall–Kier alpha value is -3.52. The quantitative estimate of drug-likeness (QED) is 0.487. The fourth-order valence-electron chi connectivity index (χ4n) is 4.03. The number of thiazole rings is 1. The average Bonchev–Trinajstić information content (AvgIpc) is 3.30. The van der Waals surface area contributed by atoms with Crippen LogP contribution in [0.5, 0.6) is 5.75 Å². The molecule has 0 aliphatic heterocycles. The van der Waals surface area contributed by atoms with Crippen molar-refractivity contribution in [3.8, 4) is 33.3 Å². The van der Waals surface area contributed by atoms with Gasteiger partial charge in [0.2, 0.25) is 5.91 Å². The molecular weight excluding hydrogens is 422 g/mol. The molecule has 32 heavy (non-hydrogen) atoms. The van der Waals surface area contributed by atoms with Gasteiger partial charge in [-0.25, -0.2) is 9.67 Å². The molecular formula is C24H23N5O2S. The van der Waals surface area contributed by atoms with Gasteiger partial charge in [0.1, 0.15) is 5.75 Å². The number of amides is 1. The third-order valence-corrected chi connectivity index (χ3v) is 6.52. The summed E-state index contributed by atoms with van der Waals surface area (Å²) >= 11 is 1.50. The molecule has 0 unspecified atom stereocenters. The zero-order valence-electron chi connectivity index (χ0n) is 18.2. The van der Waals surface area contributed by atoms with Crippen LogP contribution in [0.3, 0.4) is 0 Å². The van der Waals surface area contributed by atoms with E-state index in [2.05, 4.69) is 16.4 Å². The zero-order chi connectivity index (χ0) is 22.2. The van der Waals surface area contributed by atoms with Crippen molar-refractivity contribution in [1.29, 1.82) is 0 Å². The molecule has 0 saturated heterocycles. The molecule has 0 radical (unpaired) electrons. The Bertz CT molecular complexity index is 1310. The first kappa shape index (κ1) is 20.4. The molecule has 1 amide bonds. The second kappa shape index (κ2) is 8.20. The molecule has 5 rings (SSSR count). The molecule has 162 valence electrons. The Morgan fingerprint density at radius 1 is 1.22 bits per heavy atom. The van der Waals surface area contributed by atoms with Crippen molar-refractivity contribution in [3.05, 3.63) is 59.5 Å². The van der Waals surface area contributed by atoms with Crippen molar-refractivity contribution in [2.75, 3.05) is 12.4 Å². The number of fused-ring (bicyclic) bond motifs is 3. The van der Waals surface area contributed by atoms with E-state index in [-0.39, 0.29) is 5.91 Å². The number of methoxy groups -OCH3 is 1. The summed E-state index contributed by atoms with van der Waals surface area (Å²) in [5.41, 5.74) is 6.99. The van der Waals surface area contributed by atoms with Crippen LogP contribution in [-0.2, 0) is 17.6 Å². The molecule has 7 nitrogen and oxygen atoms in total. The van der Waals surface area contributed by atoms with E-state index in [4.69, 9.17) is 14.8 Å². The molecule has 0 fully saturated rings. The third kappa shape index (κ3) is 3.67. The predicted octanol–water partition coefficient (Wildman–Crippen LogP) is 4.82. The van der Waals surface area contributed by atoms with Gasteiger partial charge in [0.05, 0.1) is 34.8 Å². The highest BCUT2D eigenvalue weighted by Gasteiger charge is 2.28. The summed E-state index contributed by atoms with van der Waals surface area (Å²) in [5.74, 6) is 0.643. The summed E-state index contributed by atoms with van der Waals surface area (Å²) in [7, 11) is 1.66. The van der Waals surface area contributed by atoms with Crippen LogP contribution < -0.4 is 10.1 Å². The lowest BCUT2D eigenvalue weighted by atomic mass is 10.0. The van der Waals surface area contributed by atoms with Crippen molar-refractivity contribution >= 4 is 22.4 Å². The lowest BCUT2D eigenvalue weighted by Gasteiger charge is -2.09. The number of ether oxygens (including phenoxy) is 1. The number of nitrogens with zero attached hydrogens (tertiary/aromatic N) is 4. The number of carbonyl (C=O) groups is 1. The number of aromatic nitrogens is 4. The Morgan fingerprint density at radius 3 is 2.84 bits per heavy atom. The first-order chi connectivity index (χ1) is 15.5. The minimum Gasteiger partial charge on any atom is -0.497 e. The molecule has 0 atom stereocenters. The maximum absolute atomic E-state index is 11.6. The van der Waals surface area contributed by atoms with E-state index < -0.39 is 0 Å². The van der Waals surface area contributed by atoms with Gasteiger partial charge < -0.3 is 10.1 Å². The summed E-state index contributed by atoms with van der Waals surface area (Å²) in [5, 5.41) is 8.52. The molecule has 4 aromatic rings. The number of hydrogen-bond acceptors (Lipinski definition) is 6. The standard InChI is InChI=1S/C24H23N5O2S/c1-14-10-11-16(13-25-14)21-19-8-5-9-20-23(32-24(27-20)26-15(2)30)22(19)29(28-21)17-6-4-7-18(12-17)31-3/h4,6-7,10-13H,5,8-9H2,1-3H3,(H,26,27,30). The minimum atomic E-state index is -0.123. The molecule has 3 aromatic heterocycles. The van der Waals surface area contributed by atoms with Gasteiger partial charge in [-0.15, -0.1) is 0 Å². The summed E-state index contributed by atoms with van der Waals surface area (Å²) in [4.78, 5) is 21.9. The van der Waals surface area contributed by atoms with Crippen LogP contribution in [0, 0.1) is 6.92 Å². The van der Waals surface area contributed by atoms with Crippen molar-refractivity contribution in [2.24, 2.45) is 0 Å². The zero-order valence-corrected chi connectivity index (χ0v) is 19.0. The van der Waals surface area contributed by atoms with Crippen LogP contribution >= 0.6 is 11.3 Å². The molecule has 1 N–H and O–H groups in total. The molecule has 0 saturated carbocycles. The van der Waals surface area contributed by atoms with Crippen molar-refractivity contribution < 1.29 is 9.53 Å². The molecule has 3 heterocycles. The van der Waals surface area contributed by atoms with E-state index in [1.54, 1.807) is 7.11 Å². The van der Waals surface area contributed by atoms with Gasteiger partial charge in [-0.05, 0) is 50.5 Å². The second-order valence-electron chi connectivity index (χ2n) is 7.81. The summed E-state index contributed by atoms with van der Waals surface area (Å²) in [6, 6.07) is 12.0. The first-order valence-electron chi connectivity index (χ1n) is 10.5. The van der Waals surface area contributed by atoms with Gasteiger partial charge in [0.15, 0.2) is 5.13 Å². The fourth-order valence-corrected chi connectivity index (χ4v) is 5.15. The highest BCUT2D eigenvalue weighted by atomic mass is 32.1. The van der Waals surface area contributed by atoms with Crippen molar-refractivity contribution in [1.82, 2.24) is 19.7 Å². The predicted molar refractivity (Wildman–Crippen MR) is 126 cm³/mol. The van der Waals surface area contributed by atoms with Crippen LogP contribution in [0.15, 0.2) is 42.6 Å². The summed E-state index contributed by atoms with van der Waals surface area (Å²) < 4.78 is 7.44. The highest BCUT2D eigenvalue weighted by Crippen LogP contribution is 2.43. The number of benzene rings is 1. The SMILES string of the molecule is COc1cccc(-n2nc(-c3ccc(C)nc3)c3c2-c2sc(NC(C)=O)nc2CCC3)c1. The van der Waals surface area contributed by atoms with Crippen molar-refractivity contribution in [2.45, 2.75) is 33.1 Å². The van der Waals surface area contributed by atoms with Crippen LogP contribution in [0.25, 0.3) is 27.5 Å². The lowest BCUT2D eigenvalue weighted by Crippen LogP contribution is -2.05. The highest BCUT2D eigenvalue weighted by molar-refractivity contribution is 7.19. The Kier molecular flexibility index (Phi) is 5.22. The van der Waals surface area contributed by atoms with Crippen molar-refractivity contribution in [3.63, 3.8) is 0 Å². The normalized spacial score (nSPS) is 12.6.